The molecule has 0 spiro atoms. The van der Waals surface area contributed by atoms with E-state index in [1.165, 1.54) is 31.2 Å². The zero-order chi connectivity index (χ0) is 13.7. The highest BCUT2D eigenvalue weighted by Crippen LogP contribution is 2.27. The van der Waals surface area contributed by atoms with Gasteiger partial charge < -0.3 is 10.1 Å². The maximum absolute atomic E-state index is 5.19. The van der Waals surface area contributed by atoms with Crippen molar-refractivity contribution in [1.82, 2.24) is 5.32 Å². The molecule has 1 fully saturated rings. The van der Waals surface area contributed by atoms with E-state index in [0.717, 1.165) is 18.1 Å². The molecule has 1 aliphatic rings. The SMILES string of the molecule is COc1ccc(CC(C)N[C@@H](C)C2CCCC2)cc1. The molecule has 0 aliphatic heterocycles. The van der Waals surface area contributed by atoms with Crippen molar-refractivity contribution in [3.63, 3.8) is 0 Å². The molecule has 1 aliphatic carbocycles. The first-order valence-electron chi connectivity index (χ1n) is 7.58. The molecule has 0 amide bonds. The molecule has 1 unspecified atom stereocenters. The van der Waals surface area contributed by atoms with Gasteiger partial charge in [-0.05, 0) is 56.7 Å². The maximum atomic E-state index is 5.19. The van der Waals surface area contributed by atoms with Gasteiger partial charge in [0.05, 0.1) is 7.11 Å². The molecule has 1 saturated carbocycles. The van der Waals surface area contributed by atoms with E-state index in [9.17, 15) is 0 Å². The van der Waals surface area contributed by atoms with Gasteiger partial charge in [0.2, 0.25) is 0 Å². The fraction of sp³-hybridized carbons (Fsp3) is 0.647. The van der Waals surface area contributed by atoms with E-state index in [-0.39, 0.29) is 0 Å². The Kier molecular flexibility index (Phi) is 5.26. The Balaban J connectivity index is 1.80. The smallest absolute Gasteiger partial charge is 0.118 e. The number of hydrogen-bond acceptors (Lipinski definition) is 2. The third kappa shape index (κ3) is 4.24. The van der Waals surface area contributed by atoms with Gasteiger partial charge in [0.25, 0.3) is 0 Å². The number of ether oxygens (including phenoxy) is 1. The normalized spacial score (nSPS) is 19.3. The second-order valence-electron chi connectivity index (χ2n) is 5.95. The first-order chi connectivity index (χ1) is 9.19. The fourth-order valence-corrected chi connectivity index (χ4v) is 3.22. The summed E-state index contributed by atoms with van der Waals surface area (Å²) in [6, 6.07) is 9.60. The standard InChI is InChI=1S/C17H27NO/c1-13(18-14(2)16-6-4-5-7-16)12-15-8-10-17(19-3)11-9-15/h8-11,13-14,16,18H,4-7,12H2,1-3H3/t13?,14-/m0/s1. The van der Waals surface area contributed by atoms with Gasteiger partial charge >= 0.3 is 0 Å². The summed E-state index contributed by atoms with van der Waals surface area (Å²) in [6.45, 7) is 4.64. The van der Waals surface area contributed by atoms with Crippen LogP contribution in [0, 0.1) is 5.92 Å². The molecule has 19 heavy (non-hydrogen) atoms. The Bertz CT molecular complexity index is 367. The number of nitrogens with one attached hydrogen (secondary N) is 1. The summed E-state index contributed by atoms with van der Waals surface area (Å²) in [6.07, 6.45) is 6.74. The number of methoxy groups -OCH3 is 1. The molecule has 0 heterocycles. The van der Waals surface area contributed by atoms with Crippen molar-refractivity contribution in [2.45, 2.75) is 58.0 Å². The van der Waals surface area contributed by atoms with Crippen LogP contribution < -0.4 is 10.1 Å². The number of hydrogen-bond donors (Lipinski definition) is 1. The van der Waals surface area contributed by atoms with Gasteiger partial charge in [-0.1, -0.05) is 25.0 Å². The Morgan fingerprint density at radius 1 is 1.16 bits per heavy atom. The molecule has 106 valence electrons. The monoisotopic (exact) mass is 261 g/mol. The topological polar surface area (TPSA) is 21.3 Å². The lowest BCUT2D eigenvalue weighted by atomic mass is 9.98. The summed E-state index contributed by atoms with van der Waals surface area (Å²) in [5, 5.41) is 3.77. The molecule has 0 saturated heterocycles. The van der Waals surface area contributed by atoms with Crippen LogP contribution >= 0.6 is 0 Å². The molecule has 2 heteroatoms. The van der Waals surface area contributed by atoms with Gasteiger partial charge in [-0.25, -0.2) is 0 Å². The van der Waals surface area contributed by atoms with Crippen molar-refractivity contribution in [2.75, 3.05) is 7.11 Å². The second kappa shape index (κ2) is 6.95. The van der Waals surface area contributed by atoms with Gasteiger partial charge in [-0.2, -0.15) is 0 Å². The van der Waals surface area contributed by atoms with E-state index >= 15 is 0 Å². The zero-order valence-corrected chi connectivity index (χ0v) is 12.5. The Labute approximate surface area is 117 Å². The van der Waals surface area contributed by atoms with Crippen LogP contribution in [0.5, 0.6) is 5.75 Å². The molecule has 0 radical (unpaired) electrons. The van der Waals surface area contributed by atoms with Gasteiger partial charge in [0.1, 0.15) is 5.75 Å². The third-order valence-electron chi connectivity index (χ3n) is 4.36. The molecule has 0 aromatic heterocycles. The van der Waals surface area contributed by atoms with E-state index in [0.29, 0.717) is 12.1 Å². The first-order valence-corrected chi connectivity index (χ1v) is 7.58. The van der Waals surface area contributed by atoms with E-state index in [1.54, 1.807) is 7.11 Å². The molecule has 1 aromatic rings. The van der Waals surface area contributed by atoms with Crippen molar-refractivity contribution in [3.05, 3.63) is 29.8 Å². The van der Waals surface area contributed by atoms with Crippen molar-refractivity contribution >= 4 is 0 Å². The van der Waals surface area contributed by atoms with E-state index in [4.69, 9.17) is 4.74 Å². The summed E-state index contributed by atoms with van der Waals surface area (Å²) >= 11 is 0. The van der Waals surface area contributed by atoms with E-state index < -0.39 is 0 Å². The van der Waals surface area contributed by atoms with Crippen LogP contribution in [0.25, 0.3) is 0 Å². The minimum Gasteiger partial charge on any atom is -0.497 e. The van der Waals surface area contributed by atoms with Crippen molar-refractivity contribution in [2.24, 2.45) is 5.92 Å². The van der Waals surface area contributed by atoms with E-state index in [2.05, 4.69) is 31.3 Å². The minimum atomic E-state index is 0.531. The van der Waals surface area contributed by atoms with Crippen LogP contribution in [0.3, 0.4) is 0 Å². The van der Waals surface area contributed by atoms with Gasteiger partial charge in [0, 0.05) is 12.1 Å². The molecule has 0 bridgehead atoms. The summed E-state index contributed by atoms with van der Waals surface area (Å²) in [7, 11) is 1.71. The van der Waals surface area contributed by atoms with Crippen LogP contribution in [0.2, 0.25) is 0 Å². The highest BCUT2D eigenvalue weighted by molar-refractivity contribution is 5.27. The van der Waals surface area contributed by atoms with Crippen LogP contribution in [0.15, 0.2) is 24.3 Å². The van der Waals surface area contributed by atoms with E-state index in [1.807, 2.05) is 12.1 Å². The highest BCUT2D eigenvalue weighted by atomic mass is 16.5. The molecule has 2 rings (SSSR count). The Morgan fingerprint density at radius 2 is 1.79 bits per heavy atom. The average molecular weight is 261 g/mol. The summed E-state index contributed by atoms with van der Waals surface area (Å²) in [5.74, 6) is 1.82. The van der Waals surface area contributed by atoms with Crippen LogP contribution in [-0.2, 0) is 6.42 Å². The summed E-state index contributed by atoms with van der Waals surface area (Å²) < 4.78 is 5.19. The predicted octanol–water partition coefficient (Wildman–Crippen LogP) is 3.79. The van der Waals surface area contributed by atoms with Gasteiger partial charge in [-0.3, -0.25) is 0 Å². The van der Waals surface area contributed by atoms with Crippen molar-refractivity contribution in [1.29, 1.82) is 0 Å². The van der Waals surface area contributed by atoms with Crippen LogP contribution in [0.4, 0.5) is 0 Å². The molecular weight excluding hydrogens is 234 g/mol. The highest BCUT2D eigenvalue weighted by Gasteiger charge is 2.22. The second-order valence-corrected chi connectivity index (χ2v) is 5.95. The quantitative estimate of drug-likeness (QED) is 0.841. The molecule has 1 aromatic carbocycles. The molecule has 2 nitrogen and oxygen atoms in total. The lowest BCUT2D eigenvalue weighted by molar-refractivity contribution is 0.348. The predicted molar refractivity (Wildman–Crippen MR) is 80.7 cm³/mol. The minimum absolute atomic E-state index is 0.531. The van der Waals surface area contributed by atoms with Gasteiger partial charge in [-0.15, -0.1) is 0 Å². The lowest BCUT2D eigenvalue weighted by Crippen LogP contribution is -2.39. The van der Waals surface area contributed by atoms with Crippen LogP contribution in [-0.4, -0.2) is 19.2 Å². The largest absolute Gasteiger partial charge is 0.497 e. The molecular formula is C17H27NO. The first kappa shape index (κ1) is 14.4. The number of rotatable bonds is 6. The Morgan fingerprint density at radius 3 is 2.37 bits per heavy atom. The van der Waals surface area contributed by atoms with Gasteiger partial charge in [0.15, 0.2) is 0 Å². The lowest BCUT2D eigenvalue weighted by Gasteiger charge is -2.25. The van der Waals surface area contributed by atoms with Crippen LogP contribution in [0.1, 0.15) is 45.1 Å². The Hall–Kier alpha value is -1.02. The summed E-state index contributed by atoms with van der Waals surface area (Å²) in [5.41, 5.74) is 1.37. The third-order valence-corrected chi connectivity index (χ3v) is 4.36. The molecule has 2 atom stereocenters. The van der Waals surface area contributed by atoms with Crippen molar-refractivity contribution in [3.8, 4) is 5.75 Å². The number of benzene rings is 1. The van der Waals surface area contributed by atoms with Crippen molar-refractivity contribution < 1.29 is 4.74 Å². The summed E-state index contributed by atoms with van der Waals surface area (Å²) in [4.78, 5) is 0. The maximum Gasteiger partial charge on any atom is 0.118 e. The zero-order valence-electron chi connectivity index (χ0n) is 12.5. The fourth-order valence-electron chi connectivity index (χ4n) is 3.22. The molecule has 1 N–H and O–H groups in total. The average Bonchev–Trinajstić information content (AvgIpc) is 2.93.